The Morgan fingerprint density at radius 3 is 2.35 bits per heavy atom. The lowest BCUT2D eigenvalue weighted by Crippen LogP contribution is -2.51. The first-order chi connectivity index (χ1) is 15.0. The molecule has 1 aliphatic carbocycles. The molecule has 2 amide bonds. The van der Waals surface area contributed by atoms with E-state index in [4.69, 9.17) is 11.6 Å². The van der Waals surface area contributed by atoms with E-state index >= 15 is 0 Å². The van der Waals surface area contributed by atoms with Gasteiger partial charge in [-0.15, -0.1) is 0 Å². The number of carbonyl (C=O) groups is 2. The molecule has 162 valence electrons. The number of hydrogen-bond acceptors (Lipinski definition) is 2. The molecule has 1 saturated heterocycles. The number of nitrogens with zero attached hydrogens (tertiary/aromatic N) is 2. The Labute approximate surface area is 189 Å². The summed E-state index contributed by atoms with van der Waals surface area (Å²) < 4.78 is 0. The Hall–Kier alpha value is -2.33. The first-order valence-electron chi connectivity index (χ1n) is 11.4. The molecule has 3 aliphatic rings. The van der Waals surface area contributed by atoms with Crippen molar-refractivity contribution in [3.8, 4) is 0 Å². The van der Waals surface area contributed by atoms with Crippen LogP contribution in [-0.4, -0.2) is 41.2 Å². The molecule has 0 N–H and O–H groups in total. The third kappa shape index (κ3) is 4.36. The van der Waals surface area contributed by atoms with Crippen molar-refractivity contribution in [3.63, 3.8) is 0 Å². The van der Waals surface area contributed by atoms with Crippen LogP contribution in [0.5, 0.6) is 0 Å². The SMILES string of the molecule is O=C(Cc1ccc(Cl)cc1)N1CCC2(CC1)Cc1ccccc1CN(CC1CC1)C2=O. The zero-order valence-corrected chi connectivity index (χ0v) is 18.6. The van der Waals surface area contributed by atoms with Gasteiger partial charge in [-0.3, -0.25) is 9.59 Å². The highest BCUT2D eigenvalue weighted by atomic mass is 35.5. The highest BCUT2D eigenvalue weighted by molar-refractivity contribution is 6.30. The van der Waals surface area contributed by atoms with Crippen LogP contribution >= 0.6 is 11.6 Å². The number of halogens is 1. The van der Waals surface area contributed by atoms with Crippen molar-refractivity contribution < 1.29 is 9.59 Å². The van der Waals surface area contributed by atoms with E-state index in [9.17, 15) is 9.59 Å². The quantitative estimate of drug-likeness (QED) is 0.708. The molecule has 2 aliphatic heterocycles. The second-order valence-electron chi connectivity index (χ2n) is 9.54. The highest BCUT2D eigenvalue weighted by Crippen LogP contribution is 2.42. The zero-order chi connectivity index (χ0) is 21.4. The van der Waals surface area contributed by atoms with Gasteiger partial charge in [-0.1, -0.05) is 48.0 Å². The molecule has 0 unspecified atom stereocenters. The number of amides is 2. The van der Waals surface area contributed by atoms with E-state index in [1.807, 2.05) is 29.2 Å². The van der Waals surface area contributed by atoms with E-state index in [1.54, 1.807) is 0 Å². The van der Waals surface area contributed by atoms with Crippen molar-refractivity contribution >= 4 is 23.4 Å². The van der Waals surface area contributed by atoms with Crippen LogP contribution in [-0.2, 0) is 29.0 Å². The van der Waals surface area contributed by atoms with Crippen molar-refractivity contribution in [2.75, 3.05) is 19.6 Å². The predicted octanol–water partition coefficient (Wildman–Crippen LogP) is 4.49. The molecule has 0 bridgehead atoms. The van der Waals surface area contributed by atoms with E-state index in [-0.39, 0.29) is 11.3 Å². The van der Waals surface area contributed by atoms with Crippen molar-refractivity contribution in [1.29, 1.82) is 0 Å². The predicted molar refractivity (Wildman–Crippen MR) is 122 cm³/mol. The fraction of sp³-hybridized carbons (Fsp3) is 0.462. The lowest BCUT2D eigenvalue weighted by atomic mass is 9.72. The van der Waals surface area contributed by atoms with Crippen LogP contribution in [0, 0.1) is 11.3 Å². The average Bonchev–Trinajstić information content (AvgIpc) is 3.60. The Bertz CT molecular complexity index is 975. The minimum atomic E-state index is -0.376. The van der Waals surface area contributed by atoms with Gasteiger partial charge in [0.2, 0.25) is 11.8 Å². The molecule has 1 spiro atoms. The van der Waals surface area contributed by atoms with E-state index in [2.05, 4.69) is 29.2 Å². The van der Waals surface area contributed by atoms with Gasteiger partial charge in [0.05, 0.1) is 11.8 Å². The minimum absolute atomic E-state index is 0.133. The molecule has 2 fully saturated rings. The van der Waals surface area contributed by atoms with Gasteiger partial charge in [0.25, 0.3) is 0 Å². The number of hydrogen-bond donors (Lipinski definition) is 0. The Balaban J connectivity index is 1.31. The number of likely N-dealkylation sites (tertiary alicyclic amines) is 1. The number of rotatable bonds is 4. The van der Waals surface area contributed by atoms with Crippen LogP contribution in [0.2, 0.25) is 5.02 Å². The van der Waals surface area contributed by atoms with Crippen molar-refractivity contribution in [3.05, 3.63) is 70.2 Å². The number of benzene rings is 2. The molecule has 4 nitrogen and oxygen atoms in total. The summed E-state index contributed by atoms with van der Waals surface area (Å²) in [6.07, 6.45) is 5.15. The van der Waals surface area contributed by atoms with Gasteiger partial charge in [-0.25, -0.2) is 0 Å². The molecule has 0 radical (unpaired) electrons. The van der Waals surface area contributed by atoms with Gasteiger partial charge in [0.15, 0.2) is 0 Å². The van der Waals surface area contributed by atoms with Gasteiger partial charge in [-0.2, -0.15) is 0 Å². The van der Waals surface area contributed by atoms with Gasteiger partial charge in [0.1, 0.15) is 0 Å². The van der Waals surface area contributed by atoms with Gasteiger partial charge in [0, 0.05) is 31.2 Å². The molecule has 0 aromatic heterocycles. The smallest absolute Gasteiger partial charge is 0.229 e. The molecule has 1 saturated carbocycles. The van der Waals surface area contributed by atoms with Crippen LogP contribution in [0.4, 0.5) is 0 Å². The molecule has 5 heteroatoms. The standard InChI is InChI=1S/C26H29ClN2O2/c27-23-9-7-19(8-10-23)15-24(30)28-13-11-26(12-14-28)16-21-3-1-2-4-22(21)18-29(25(26)31)17-20-5-6-20/h1-4,7-10,20H,5-6,11-18H2. The molecule has 2 heterocycles. The van der Waals surface area contributed by atoms with Crippen LogP contribution in [0.25, 0.3) is 0 Å². The highest BCUT2D eigenvalue weighted by Gasteiger charge is 2.47. The van der Waals surface area contributed by atoms with E-state index in [0.29, 0.717) is 36.4 Å². The van der Waals surface area contributed by atoms with Crippen molar-refractivity contribution in [1.82, 2.24) is 9.80 Å². The largest absolute Gasteiger partial charge is 0.342 e. The Kier molecular flexibility index (Phi) is 5.51. The lowest BCUT2D eigenvalue weighted by molar-refractivity contribution is -0.148. The van der Waals surface area contributed by atoms with E-state index < -0.39 is 0 Å². The number of carbonyl (C=O) groups excluding carboxylic acids is 2. The first kappa shape index (κ1) is 20.6. The monoisotopic (exact) mass is 436 g/mol. The van der Waals surface area contributed by atoms with Crippen molar-refractivity contribution in [2.24, 2.45) is 11.3 Å². The molecular weight excluding hydrogens is 408 g/mol. The normalized spacial score (nSPS) is 20.5. The fourth-order valence-corrected chi connectivity index (χ4v) is 5.29. The first-order valence-corrected chi connectivity index (χ1v) is 11.8. The molecule has 31 heavy (non-hydrogen) atoms. The summed E-state index contributed by atoms with van der Waals surface area (Å²) in [5.74, 6) is 1.11. The maximum atomic E-state index is 13.8. The second kappa shape index (κ2) is 8.31. The summed E-state index contributed by atoms with van der Waals surface area (Å²) in [4.78, 5) is 30.7. The minimum Gasteiger partial charge on any atom is -0.342 e. The Morgan fingerprint density at radius 1 is 1.00 bits per heavy atom. The van der Waals surface area contributed by atoms with E-state index in [1.165, 1.54) is 24.0 Å². The molecule has 2 aromatic rings. The summed E-state index contributed by atoms with van der Waals surface area (Å²) in [7, 11) is 0. The summed E-state index contributed by atoms with van der Waals surface area (Å²) in [5.41, 5.74) is 3.19. The van der Waals surface area contributed by atoms with Gasteiger partial charge < -0.3 is 9.80 Å². The molecular formula is C26H29ClN2O2. The average molecular weight is 437 g/mol. The fourth-order valence-electron chi connectivity index (χ4n) is 5.16. The zero-order valence-electron chi connectivity index (χ0n) is 17.9. The number of fused-ring (bicyclic) bond motifs is 1. The van der Waals surface area contributed by atoms with Gasteiger partial charge in [-0.05, 0) is 66.8 Å². The van der Waals surface area contributed by atoms with Crippen LogP contribution < -0.4 is 0 Å². The number of piperidine rings is 1. The van der Waals surface area contributed by atoms with Crippen LogP contribution in [0.3, 0.4) is 0 Å². The van der Waals surface area contributed by atoms with Crippen LogP contribution in [0.1, 0.15) is 42.4 Å². The molecule has 2 aromatic carbocycles. The topological polar surface area (TPSA) is 40.6 Å². The lowest BCUT2D eigenvalue weighted by Gasteiger charge is -2.42. The summed E-state index contributed by atoms with van der Waals surface area (Å²) >= 11 is 5.96. The van der Waals surface area contributed by atoms with Crippen molar-refractivity contribution in [2.45, 2.75) is 45.1 Å². The maximum Gasteiger partial charge on any atom is 0.229 e. The molecule has 0 atom stereocenters. The Morgan fingerprint density at radius 2 is 1.68 bits per heavy atom. The third-order valence-electron chi connectivity index (χ3n) is 7.27. The maximum absolute atomic E-state index is 13.8. The van der Waals surface area contributed by atoms with Gasteiger partial charge >= 0.3 is 0 Å². The van der Waals surface area contributed by atoms with E-state index in [0.717, 1.165) is 37.9 Å². The summed E-state index contributed by atoms with van der Waals surface area (Å²) in [5, 5.41) is 0.680. The summed E-state index contributed by atoms with van der Waals surface area (Å²) in [6, 6.07) is 16.0. The molecule has 5 rings (SSSR count). The summed E-state index contributed by atoms with van der Waals surface area (Å²) in [6.45, 7) is 2.91. The second-order valence-corrected chi connectivity index (χ2v) is 9.98. The van der Waals surface area contributed by atoms with Crippen LogP contribution in [0.15, 0.2) is 48.5 Å². The third-order valence-corrected chi connectivity index (χ3v) is 7.52.